The van der Waals surface area contributed by atoms with E-state index in [4.69, 9.17) is 0 Å². The van der Waals surface area contributed by atoms with Gasteiger partial charge in [0.15, 0.2) is 0 Å². The quantitative estimate of drug-likeness (QED) is 0.842. The van der Waals surface area contributed by atoms with Crippen molar-refractivity contribution in [2.45, 2.75) is 12.2 Å². The van der Waals surface area contributed by atoms with Gasteiger partial charge in [-0.05, 0) is 19.1 Å². The number of rotatable bonds is 1. The standard InChI is InChI=1S/C13H12FN3OS/c1-7-11-12(8-4-2-3-5-9(8)14)16-17-13(11)15-10(18)6-19-7/h2-5,7H,6H2,1H3,(H2,15,16,17,18). The van der Waals surface area contributed by atoms with E-state index in [2.05, 4.69) is 15.5 Å². The first-order valence-electron chi connectivity index (χ1n) is 5.91. The van der Waals surface area contributed by atoms with Crippen LogP contribution in [0.15, 0.2) is 24.3 Å². The molecule has 0 radical (unpaired) electrons. The van der Waals surface area contributed by atoms with Crippen LogP contribution >= 0.6 is 11.8 Å². The van der Waals surface area contributed by atoms with Gasteiger partial charge in [-0.1, -0.05) is 12.1 Å². The minimum Gasteiger partial charge on any atom is -0.310 e. The second-order valence-electron chi connectivity index (χ2n) is 4.34. The average molecular weight is 277 g/mol. The summed E-state index contributed by atoms with van der Waals surface area (Å²) in [6.45, 7) is 1.99. The number of amides is 1. The maximum atomic E-state index is 13.9. The Morgan fingerprint density at radius 3 is 3.00 bits per heavy atom. The van der Waals surface area contributed by atoms with Gasteiger partial charge in [0.1, 0.15) is 17.3 Å². The van der Waals surface area contributed by atoms with Crippen LogP contribution in [0.25, 0.3) is 11.3 Å². The number of carbonyl (C=O) groups is 1. The summed E-state index contributed by atoms with van der Waals surface area (Å²) in [5.74, 6) is 0.574. The average Bonchev–Trinajstić information content (AvgIpc) is 2.74. The lowest BCUT2D eigenvalue weighted by molar-refractivity contribution is -0.113. The van der Waals surface area contributed by atoms with Crippen molar-refractivity contribution in [2.24, 2.45) is 0 Å². The van der Waals surface area contributed by atoms with Crippen LogP contribution in [-0.4, -0.2) is 21.9 Å². The number of hydrogen-bond acceptors (Lipinski definition) is 3. The van der Waals surface area contributed by atoms with Crippen molar-refractivity contribution in [3.63, 3.8) is 0 Å². The molecule has 0 fully saturated rings. The Kier molecular flexibility index (Phi) is 3.02. The van der Waals surface area contributed by atoms with E-state index in [9.17, 15) is 9.18 Å². The number of H-pyrrole nitrogens is 1. The summed E-state index contributed by atoms with van der Waals surface area (Å²) in [5, 5.41) is 9.79. The molecule has 4 nitrogen and oxygen atoms in total. The molecule has 1 aromatic carbocycles. The number of anilines is 1. The van der Waals surface area contributed by atoms with Crippen LogP contribution in [0.2, 0.25) is 0 Å². The number of halogens is 1. The Morgan fingerprint density at radius 2 is 2.21 bits per heavy atom. The van der Waals surface area contributed by atoms with Crippen LogP contribution in [0.1, 0.15) is 17.7 Å². The minimum absolute atomic E-state index is 0.0701. The van der Waals surface area contributed by atoms with Crippen molar-refractivity contribution in [1.82, 2.24) is 10.2 Å². The molecule has 19 heavy (non-hydrogen) atoms. The predicted molar refractivity (Wildman–Crippen MR) is 73.5 cm³/mol. The van der Waals surface area contributed by atoms with Crippen molar-refractivity contribution in [3.8, 4) is 11.3 Å². The molecule has 2 N–H and O–H groups in total. The molecule has 0 aliphatic carbocycles. The fraction of sp³-hybridized carbons (Fsp3) is 0.231. The van der Waals surface area contributed by atoms with E-state index in [1.165, 1.54) is 17.8 Å². The molecular formula is C13H12FN3OS. The Morgan fingerprint density at radius 1 is 1.42 bits per heavy atom. The zero-order valence-electron chi connectivity index (χ0n) is 10.2. The fourth-order valence-corrected chi connectivity index (χ4v) is 3.03. The molecule has 1 atom stereocenters. The third kappa shape index (κ3) is 2.12. The number of carbonyl (C=O) groups excluding carboxylic acids is 1. The molecule has 0 saturated carbocycles. The number of fused-ring (bicyclic) bond motifs is 1. The van der Waals surface area contributed by atoms with Crippen molar-refractivity contribution in [3.05, 3.63) is 35.6 Å². The number of benzene rings is 1. The molecule has 2 aromatic rings. The van der Waals surface area contributed by atoms with E-state index in [1.54, 1.807) is 18.2 Å². The summed E-state index contributed by atoms with van der Waals surface area (Å²) in [7, 11) is 0. The second kappa shape index (κ2) is 4.70. The Balaban J connectivity index is 2.15. The van der Waals surface area contributed by atoms with Crippen LogP contribution < -0.4 is 5.32 Å². The van der Waals surface area contributed by atoms with Crippen molar-refractivity contribution in [1.29, 1.82) is 0 Å². The van der Waals surface area contributed by atoms with E-state index >= 15 is 0 Å². The normalized spacial score (nSPS) is 18.6. The van der Waals surface area contributed by atoms with E-state index in [0.717, 1.165) is 5.56 Å². The molecule has 1 aliphatic heterocycles. The largest absolute Gasteiger partial charge is 0.310 e. The molecule has 0 spiro atoms. The van der Waals surface area contributed by atoms with Gasteiger partial charge in [0.2, 0.25) is 5.91 Å². The van der Waals surface area contributed by atoms with Gasteiger partial charge in [-0.15, -0.1) is 11.8 Å². The first-order valence-corrected chi connectivity index (χ1v) is 6.96. The SMILES string of the molecule is CC1SCC(=O)Nc2[nH]nc(-c3ccccc3F)c21. The van der Waals surface area contributed by atoms with Crippen LogP contribution in [0, 0.1) is 5.82 Å². The molecule has 0 saturated heterocycles. The Labute approximate surface area is 113 Å². The highest BCUT2D eigenvalue weighted by molar-refractivity contribution is 8.00. The first kappa shape index (κ1) is 12.2. The van der Waals surface area contributed by atoms with E-state index in [0.29, 0.717) is 22.8 Å². The van der Waals surface area contributed by atoms with Crippen LogP contribution in [0.4, 0.5) is 10.2 Å². The van der Waals surface area contributed by atoms with Crippen molar-refractivity contribution < 1.29 is 9.18 Å². The van der Waals surface area contributed by atoms with Gasteiger partial charge in [-0.25, -0.2) is 4.39 Å². The highest BCUT2D eigenvalue weighted by Crippen LogP contribution is 2.41. The summed E-state index contributed by atoms with van der Waals surface area (Å²) in [5.41, 5.74) is 1.86. The highest BCUT2D eigenvalue weighted by Gasteiger charge is 2.26. The number of hydrogen-bond donors (Lipinski definition) is 2. The zero-order chi connectivity index (χ0) is 13.4. The number of nitrogens with one attached hydrogen (secondary N) is 2. The van der Waals surface area contributed by atoms with Gasteiger partial charge in [0.25, 0.3) is 0 Å². The van der Waals surface area contributed by atoms with E-state index in [1.807, 2.05) is 6.92 Å². The van der Waals surface area contributed by atoms with Gasteiger partial charge in [0, 0.05) is 16.4 Å². The fourth-order valence-electron chi connectivity index (χ4n) is 2.16. The number of aromatic amines is 1. The molecule has 1 unspecified atom stereocenters. The van der Waals surface area contributed by atoms with E-state index < -0.39 is 0 Å². The lowest BCUT2D eigenvalue weighted by Crippen LogP contribution is -2.12. The number of aromatic nitrogens is 2. The molecule has 98 valence electrons. The van der Waals surface area contributed by atoms with Crippen LogP contribution in [-0.2, 0) is 4.79 Å². The molecule has 1 amide bonds. The van der Waals surface area contributed by atoms with Gasteiger partial charge < -0.3 is 5.32 Å². The molecule has 1 aliphatic rings. The summed E-state index contributed by atoms with van der Waals surface area (Å²) in [6.07, 6.45) is 0. The molecule has 3 rings (SSSR count). The minimum atomic E-state index is -0.315. The maximum Gasteiger partial charge on any atom is 0.235 e. The van der Waals surface area contributed by atoms with Gasteiger partial charge >= 0.3 is 0 Å². The molecule has 1 aromatic heterocycles. The highest BCUT2D eigenvalue weighted by atomic mass is 32.2. The maximum absolute atomic E-state index is 13.9. The van der Waals surface area contributed by atoms with Gasteiger partial charge in [-0.3, -0.25) is 9.89 Å². The predicted octanol–water partition coefficient (Wildman–Crippen LogP) is 2.96. The van der Waals surface area contributed by atoms with E-state index in [-0.39, 0.29) is 17.0 Å². The summed E-state index contributed by atoms with van der Waals surface area (Å²) < 4.78 is 13.9. The second-order valence-corrected chi connectivity index (χ2v) is 5.67. The summed E-state index contributed by atoms with van der Waals surface area (Å²) in [4.78, 5) is 11.6. The number of thioether (sulfide) groups is 1. The van der Waals surface area contributed by atoms with Crippen LogP contribution in [0.3, 0.4) is 0 Å². The Bertz CT molecular complexity index is 641. The summed E-state index contributed by atoms with van der Waals surface area (Å²) in [6, 6.07) is 6.51. The van der Waals surface area contributed by atoms with Crippen molar-refractivity contribution in [2.75, 3.05) is 11.1 Å². The third-order valence-electron chi connectivity index (χ3n) is 3.07. The van der Waals surface area contributed by atoms with Gasteiger partial charge in [0.05, 0.1) is 5.75 Å². The zero-order valence-corrected chi connectivity index (χ0v) is 11.1. The first-order chi connectivity index (χ1) is 9.16. The molecule has 0 bridgehead atoms. The summed E-state index contributed by atoms with van der Waals surface area (Å²) >= 11 is 1.51. The molecule has 2 heterocycles. The monoisotopic (exact) mass is 277 g/mol. The smallest absolute Gasteiger partial charge is 0.235 e. The van der Waals surface area contributed by atoms with Crippen LogP contribution in [0.5, 0.6) is 0 Å². The lowest BCUT2D eigenvalue weighted by atomic mass is 10.0. The Hall–Kier alpha value is -1.82. The lowest BCUT2D eigenvalue weighted by Gasteiger charge is -2.09. The molecule has 6 heteroatoms. The third-order valence-corrected chi connectivity index (χ3v) is 4.23. The number of nitrogens with zero attached hydrogens (tertiary/aromatic N) is 1. The van der Waals surface area contributed by atoms with Crippen molar-refractivity contribution >= 4 is 23.5 Å². The molecular weight excluding hydrogens is 265 g/mol. The van der Waals surface area contributed by atoms with Gasteiger partial charge in [-0.2, -0.15) is 5.10 Å². The topological polar surface area (TPSA) is 57.8 Å².